The Labute approximate surface area is 122 Å². The Morgan fingerprint density at radius 1 is 1.29 bits per heavy atom. The monoisotopic (exact) mass is 294 g/mol. The van der Waals surface area contributed by atoms with E-state index in [1.54, 1.807) is 0 Å². The first-order valence-corrected chi connectivity index (χ1v) is 7.24. The lowest BCUT2D eigenvalue weighted by atomic mass is 10.1. The summed E-state index contributed by atoms with van der Waals surface area (Å²) in [5, 5.41) is 13.6. The largest absolute Gasteiger partial charge is 0.349 e. The maximum atomic E-state index is 14.0. The van der Waals surface area contributed by atoms with E-state index in [1.165, 1.54) is 6.92 Å². The highest BCUT2D eigenvalue weighted by molar-refractivity contribution is 5.95. The highest BCUT2D eigenvalue weighted by atomic mass is 19.1. The van der Waals surface area contributed by atoms with E-state index in [4.69, 9.17) is 0 Å². The van der Waals surface area contributed by atoms with Crippen LogP contribution in [0.25, 0.3) is 0 Å². The fourth-order valence-corrected chi connectivity index (χ4v) is 2.71. The van der Waals surface area contributed by atoms with Crippen molar-refractivity contribution in [3.8, 4) is 0 Å². The summed E-state index contributed by atoms with van der Waals surface area (Å²) < 4.78 is 14.0. The molecule has 1 amide bonds. The zero-order chi connectivity index (χ0) is 15.4. The first kappa shape index (κ1) is 15.4. The second-order valence-electron chi connectivity index (χ2n) is 5.54. The van der Waals surface area contributed by atoms with E-state index in [-0.39, 0.29) is 22.9 Å². The summed E-state index contributed by atoms with van der Waals surface area (Å²) in [7, 11) is 0. The lowest BCUT2D eigenvalue weighted by molar-refractivity contribution is -0.385. The molecule has 0 aromatic heterocycles. The summed E-state index contributed by atoms with van der Waals surface area (Å²) in [5.41, 5.74) is -0.402. The van der Waals surface area contributed by atoms with Gasteiger partial charge in [0, 0.05) is 18.2 Å². The number of hydrogen-bond acceptors (Lipinski definition) is 3. The van der Waals surface area contributed by atoms with Crippen LogP contribution < -0.4 is 5.32 Å². The number of nitro benzene ring substituents is 1. The third-order valence-corrected chi connectivity index (χ3v) is 3.89. The summed E-state index contributed by atoms with van der Waals surface area (Å²) in [6.07, 6.45) is 6.14. The summed E-state index contributed by atoms with van der Waals surface area (Å²) in [6, 6.07) is 2.17. The second kappa shape index (κ2) is 6.65. The Kier molecular flexibility index (Phi) is 4.88. The molecule has 1 aromatic rings. The Hall–Kier alpha value is -1.98. The molecule has 1 saturated carbocycles. The standard InChI is InChI=1S/C15H19FN2O3/c1-10-8-12(18(20)21)9-13(14(10)16)15(19)17-11-6-4-2-3-5-7-11/h8-9,11H,2-7H2,1H3,(H,17,19). The van der Waals surface area contributed by atoms with Crippen LogP contribution in [0.1, 0.15) is 54.4 Å². The molecule has 1 aliphatic rings. The smallest absolute Gasteiger partial charge is 0.270 e. The fourth-order valence-electron chi connectivity index (χ4n) is 2.71. The van der Waals surface area contributed by atoms with Gasteiger partial charge in [-0.2, -0.15) is 0 Å². The van der Waals surface area contributed by atoms with Crippen molar-refractivity contribution in [3.63, 3.8) is 0 Å². The van der Waals surface area contributed by atoms with Gasteiger partial charge in [-0.3, -0.25) is 14.9 Å². The van der Waals surface area contributed by atoms with Gasteiger partial charge in [-0.05, 0) is 25.3 Å². The van der Waals surface area contributed by atoms with Gasteiger partial charge in [-0.15, -0.1) is 0 Å². The molecule has 21 heavy (non-hydrogen) atoms. The van der Waals surface area contributed by atoms with Gasteiger partial charge in [0.1, 0.15) is 5.82 Å². The summed E-state index contributed by atoms with van der Waals surface area (Å²) in [6.45, 7) is 1.42. The summed E-state index contributed by atoms with van der Waals surface area (Å²) >= 11 is 0. The lowest BCUT2D eigenvalue weighted by Gasteiger charge is -2.16. The molecule has 2 rings (SSSR count). The molecule has 114 valence electrons. The van der Waals surface area contributed by atoms with Crippen molar-refractivity contribution in [2.75, 3.05) is 0 Å². The zero-order valence-electron chi connectivity index (χ0n) is 12.0. The normalized spacial score (nSPS) is 16.3. The molecule has 1 fully saturated rings. The molecule has 0 saturated heterocycles. The zero-order valence-corrected chi connectivity index (χ0v) is 12.0. The highest BCUT2D eigenvalue weighted by Gasteiger charge is 2.22. The first-order chi connectivity index (χ1) is 9.99. The number of halogens is 1. The van der Waals surface area contributed by atoms with E-state index < -0.39 is 16.6 Å². The Bertz CT molecular complexity index is 552. The molecule has 1 aromatic carbocycles. The minimum Gasteiger partial charge on any atom is -0.349 e. The number of nitro groups is 1. The molecule has 0 atom stereocenters. The molecule has 0 radical (unpaired) electrons. The molecule has 0 unspecified atom stereocenters. The molecule has 0 spiro atoms. The van der Waals surface area contributed by atoms with Gasteiger partial charge < -0.3 is 5.32 Å². The van der Waals surface area contributed by atoms with E-state index >= 15 is 0 Å². The molecule has 0 aliphatic heterocycles. The Balaban J connectivity index is 2.19. The quantitative estimate of drug-likeness (QED) is 0.527. The average molecular weight is 294 g/mol. The van der Waals surface area contributed by atoms with Gasteiger partial charge in [0.2, 0.25) is 0 Å². The third kappa shape index (κ3) is 3.77. The summed E-state index contributed by atoms with van der Waals surface area (Å²) in [4.78, 5) is 22.4. The topological polar surface area (TPSA) is 72.2 Å². The molecule has 1 N–H and O–H groups in total. The van der Waals surface area contributed by atoms with Crippen LogP contribution in [0.15, 0.2) is 12.1 Å². The van der Waals surface area contributed by atoms with Crippen LogP contribution in [-0.2, 0) is 0 Å². The highest BCUT2D eigenvalue weighted by Crippen LogP contribution is 2.22. The van der Waals surface area contributed by atoms with E-state index in [9.17, 15) is 19.3 Å². The number of aryl methyl sites for hydroxylation is 1. The predicted octanol–water partition coefficient (Wildman–Crippen LogP) is 3.49. The number of carbonyl (C=O) groups is 1. The van der Waals surface area contributed by atoms with Crippen molar-refractivity contribution in [3.05, 3.63) is 39.2 Å². The van der Waals surface area contributed by atoms with Crippen molar-refractivity contribution in [2.24, 2.45) is 0 Å². The van der Waals surface area contributed by atoms with Gasteiger partial charge >= 0.3 is 0 Å². The van der Waals surface area contributed by atoms with Crippen molar-refractivity contribution in [1.29, 1.82) is 0 Å². The maximum absolute atomic E-state index is 14.0. The van der Waals surface area contributed by atoms with Crippen LogP contribution >= 0.6 is 0 Å². The number of hydrogen-bond donors (Lipinski definition) is 1. The van der Waals surface area contributed by atoms with Crippen molar-refractivity contribution in [2.45, 2.75) is 51.5 Å². The van der Waals surface area contributed by atoms with Crippen LogP contribution in [0.2, 0.25) is 0 Å². The van der Waals surface area contributed by atoms with E-state index in [0.29, 0.717) is 0 Å². The Morgan fingerprint density at radius 2 is 1.90 bits per heavy atom. The molecule has 1 aliphatic carbocycles. The van der Waals surface area contributed by atoms with Gasteiger partial charge in [-0.25, -0.2) is 4.39 Å². The number of carbonyl (C=O) groups excluding carboxylic acids is 1. The number of nitrogens with zero attached hydrogens (tertiary/aromatic N) is 1. The van der Waals surface area contributed by atoms with Gasteiger partial charge in [0.25, 0.3) is 11.6 Å². The predicted molar refractivity (Wildman–Crippen MR) is 76.7 cm³/mol. The van der Waals surface area contributed by atoms with E-state index in [0.717, 1.165) is 50.7 Å². The van der Waals surface area contributed by atoms with Gasteiger partial charge in [-0.1, -0.05) is 25.7 Å². The first-order valence-electron chi connectivity index (χ1n) is 7.24. The third-order valence-electron chi connectivity index (χ3n) is 3.89. The number of benzene rings is 1. The number of rotatable bonds is 3. The molecule has 0 heterocycles. The van der Waals surface area contributed by atoms with Crippen molar-refractivity contribution in [1.82, 2.24) is 5.32 Å². The van der Waals surface area contributed by atoms with Gasteiger partial charge in [0.05, 0.1) is 10.5 Å². The molecule has 6 heteroatoms. The summed E-state index contributed by atoms with van der Waals surface area (Å²) in [5.74, 6) is -1.25. The minimum absolute atomic E-state index is 0.0268. The lowest BCUT2D eigenvalue weighted by Crippen LogP contribution is -2.35. The molecule has 5 nitrogen and oxygen atoms in total. The van der Waals surface area contributed by atoms with Crippen molar-refractivity contribution < 1.29 is 14.1 Å². The fraction of sp³-hybridized carbons (Fsp3) is 0.533. The van der Waals surface area contributed by atoms with Crippen LogP contribution in [0, 0.1) is 22.9 Å². The maximum Gasteiger partial charge on any atom is 0.270 e. The number of nitrogens with one attached hydrogen (secondary N) is 1. The van der Waals surface area contributed by atoms with Crippen LogP contribution in [0.5, 0.6) is 0 Å². The Morgan fingerprint density at radius 3 is 2.48 bits per heavy atom. The van der Waals surface area contributed by atoms with Crippen molar-refractivity contribution >= 4 is 11.6 Å². The number of amides is 1. The SMILES string of the molecule is Cc1cc([N+](=O)[O-])cc(C(=O)NC2CCCCCC2)c1F. The second-order valence-corrected chi connectivity index (χ2v) is 5.54. The number of non-ortho nitro benzene ring substituents is 1. The van der Waals surface area contributed by atoms with E-state index in [1.807, 2.05) is 0 Å². The molecule has 0 bridgehead atoms. The van der Waals surface area contributed by atoms with E-state index in [2.05, 4.69) is 5.32 Å². The average Bonchev–Trinajstić information content (AvgIpc) is 2.69. The minimum atomic E-state index is -0.688. The molecular formula is C15H19FN2O3. The van der Waals surface area contributed by atoms with Crippen LogP contribution in [0.4, 0.5) is 10.1 Å². The molecular weight excluding hydrogens is 275 g/mol. The van der Waals surface area contributed by atoms with Crippen LogP contribution in [0.3, 0.4) is 0 Å². The van der Waals surface area contributed by atoms with Gasteiger partial charge in [0.15, 0.2) is 0 Å². The van der Waals surface area contributed by atoms with Crippen LogP contribution in [-0.4, -0.2) is 16.9 Å².